The second kappa shape index (κ2) is 5.52. The Morgan fingerprint density at radius 1 is 1.71 bits per heavy atom. The fourth-order valence-corrected chi connectivity index (χ4v) is 2.34. The zero-order chi connectivity index (χ0) is 12.3. The number of carbonyl (C=O) groups excluding carboxylic acids is 1. The summed E-state index contributed by atoms with van der Waals surface area (Å²) in [4.78, 5) is 18.1. The van der Waals surface area contributed by atoms with E-state index in [1.165, 1.54) is 11.5 Å². The highest BCUT2D eigenvalue weighted by Crippen LogP contribution is 2.11. The van der Waals surface area contributed by atoms with Gasteiger partial charge >= 0.3 is 0 Å². The molecule has 94 valence electrons. The third-order valence-corrected chi connectivity index (χ3v) is 3.36. The van der Waals surface area contributed by atoms with Crippen molar-refractivity contribution in [2.45, 2.75) is 25.6 Å². The zero-order valence-corrected chi connectivity index (χ0v) is 10.7. The number of nitrogens with zero attached hydrogens (tertiary/aromatic N) is 3. The largest absolute Gasteiger partial charge is 0.374 e. The molecular weight excluding hydrogens is 240 g/mol. The van der Waals surface area contributed by atoms with Gasteiger partial charge in [0.2, 0.25) is 5.91 Å². The molecule has 17 heavy (non-hydrogen) atoms. The van der Waals surface area contributed by atoms with Crippen LogP contribution in [0.1, 0.15) is 12.7 Å². The van der Waals surface area contributed by atoms with Crippen LogP contribution in [0.5, 0.6) is 0 Å². The summed E-state index contributed by atoms with van der Waals surface area (Å²) in [7, 11) is 1.77. The monoisotopic (exact) mass is 256 g/mol. The summed E-state index contributed by atoms with van der Waals surface area (Å²) in [6.07, 6.45) is -0.110. The zero-order valence-electron chi connectivity index (χ0n) is 9.92. The van der Waals surface area contributed by atoms with Crippen LogP contribution in [-0.2, 0) is 16.1 Å². The molecule has 1 amide bonds. The number of likely N-dealkylation sites (N-methyl/N-ethyl adjacent to an activating group) is 1. The average Bonchev–Trinajstić information content (AvgIpc) is 2.76. The van der Waals surface area contributed by atoms with Crippen LogP contribution in [-0.4, -0.2) is 52.5 Å². The predicted molar refractivity (Wildman–Crippen MR) is 63.6 cm³/mol. The number of aromatic nitrogens is 2. The van der Waals surface area contributed by atoms with Gasteiger partial charge in [-0.05, 0) is 25.5 Å². The Morgan fingerprint density at radius 2 is 2.53 bits per heavy atom. The first-order valence-electron chi connectivity index (χ1n) is 5.55. The van der Waals surface area contributed by atoms with E-state index in [1.54, 1.807) is 17.5 Å². The Bertz CT molecular complexity index is 370. The van der Waals surface area contributed by atoms with Crippen molar-refractivity contribution in [3.05, 3.63) is 11.3 Å². The van der Waals surface area contributed by atoms with Crippen molar-refractivity contribution in [3.63, 3.8) is 0 Å². The third-order valence-electron chi connectivity index (χ3n) is 2.84. The lowest BCUT2D eigenvalue weighted by Crippen LogP contribution is -2.48. The van der Waals surface area contributed by atoms with Gasteiger partial charge in [-0.1, -0.05) is 0 Å². The molecule has 2 atom stereocenters. The summed E-state index contributed by atoms with van der Waals surface area (Å²) in [5, 5.41) is 3.00. The van der Waals surface area contributed by atoms with E-state index < -0.39 is 0 Å². The second-order valence-corrected chi connectivity index (χ2v) is 4.55. The van der Waals surface area contributed by atoms with Gasteiger partial charge in [-0.25, -0.2) is 4.98 Å². The predicted octanol–water partition coefficient (Wildman–Crippen LogP) is -0.127. The Balaban J connectivity index is 2.08. The molecule has 2 heterocycles. The maximum absolute atomic E-state index is 12.2. The summed E-state index contributed by atoms with van der Waals surface area (Å²) in [6.45, 7) is 3.50. The van der Waals surface area contributed by atoms with E-state index in [2.05, 4.69) is 14.7 Å². The van der Waals surface area contributed by atoms with E-state index >= 15 is 0 Å². The lowest BCUT2D eigenvalue weighted by Gasteiger charge is -2.24. The molecule has 6 nitrogen and oxygen atoms in total. The summed E-state index contributed by atoms with van der Waals surface area (Å²) in [5.41, 5.74) is 1.67. The fraction of sp³-hybridized carbons (Fsp3) is 0.700. The van der Waals surface area contributed by atoms with Crippen LogP contribution in [0.2, 0.25) is 0 Å². The molecule has 1 saturated heterocycles. The Kier molecular flexibility index (Phi) is 4.03. The first-order valence-corrected chi connectivity index (χ1v) is 6.39. The van der Waals surface area contributed by atoms with Gasteiger partial charge in [0.15, 0.2) is 5.82 Å². The summed E-state index contributed by atoms with van der Waals surface area (Å²) in [5.74, 6) is 0.736. The van der Waals surface area contributed by atoms with Crippen LogP contribution < -0.4 is 5.32 Å². The number of hydrogen-bond acceptors (Lipinski definition) is 6. The van der Waals surface area contributed by atoms with Gasteiger partial charge in [0.05, 0.1) is 19.3 Å². The Morgan fingerprint density at radius 3 is 3.18 bits per heavy atom. The molecule has 0 radical (unpaired) electrons. The molecule has 2 rings (SSSR count). The topological polar surface area (TPSA) is 67.4 Å². The molecule has 1 aromatic rings. The van der Waals surface area contributed by atoms with Crippen LogP contribution in [0.3, 0.4) is 0 Å². The van der Waals surface area contributed by atoms with Crippen molar-refractivity contribution >= 4 is 17.4 Å². The molecular formula is C10H16N4O2S. The molecule has 1 N–H and O–H groups in total. The standard InChI is InChI=1S/C10H16N4O2S/c1-7-9(11-2)10(15)14(3-4-16-7)5-8-12-6-17-13-8/h6-7,9,11H,3-5H2,1-2H3. The molecule has 1 aliphatic heterocycles. The van der Waals surface area contributed by atoms with Crippen molar-refractivity contribution in [2.24, 2.45) is 0 Å². The van der Waals surface area contributed by atoms with Gasteiger partial charge in [-0.2, -0.15) is 4.37 Å². The maximum atomic E-state index is 12.2. The highest BCUT2D eigenvalue weighted by molar-refractivity contribution is 7.03. The molecule has 0 saturated carbocycles. The quantitative estimate of drug-likeness (QED) is 0.816. The van der Waals surface area contributed by atoms with Crippen molar-refractivity contribution in [1.29, 1.82) is 0 Å². The van der Waals surface area contributed by atoms with Gasteiger partial charge in [-0.15, -0.1) is 0 Å². The molecule has 1 fully saturated rings. The van der Waals surface area contributed by atoms with Crippen molar-refractivity contribution in [1.82, 2.24) is 19.6 Å². The molecule has 0 aliphatic carbocycles. The number of nitrogens with one attached hydrogen (secondary N) is 1. The van der Waals surface area contributed by atoms with E-state index in [-0.39, 0.29) is 18.1 Å². The van der Waals surface area contributed by atoms with Gasteiger partial charge in [0.25, 0.3) is 0 Å². The van der Waals surface area contributed by atoms with E-state index in [0.717, 1.165) is 0 Å². The maximum Gasteiger partial charge on any atom is 0.242 e. The average molecular weight is 256 g/mol. The van der Waals surface area contributed by atoms with Gasteiger partial charge < -0.3 is 15.0 Å². The highest BCUT2D eigenvalue weighted by Gasteiger charge is 2.31. The van der Waals surface area contributed by atoms with Crippen molar-refractivity contribution in [3.8, 4) is 0 Å². The summed E-state index contributed by atoms with van der Waals surface area (Å²) >= 11 is 1.30. The second-order valence-electron chi connectivity index (χ2n) is 3.95. The SMILES string of the molecule is CNC1C(=O)N(Cc2ncsn2)CCOC1C. The van der Waals surface area contributed by atoms with E-state index in [9.17, 15) is 4.79 Å². The van der Waals surface area contributed by atoms with E-state index in [4.69, 9.17) is 4.74 Å². The normalized spacial score (nSPS) is 26.0. The summed E-state index contributed by atoms with van der Waals surface area (Å²) in [6, 6.07) is -0.295. The lowest BCUT2D eigenvalue weighted by molar-refractivity contribution is -0.134. The molecule has 0 spiro atoms. The minimum atomic E-state index is -0.295. The Labute approximate surface area is 104 Å². The molecule has 2 unspecified atom stereocenters. The van der Waals surface area contributed by atoms with Crippen molar-refractivity contribution in [2.75, 3.05) is 20.2 Å². The number of hydrogen-bond donors (Lipinski definition) is 1. The first kappa shape index (κ1) is 12.4. The molecule has 1 aromatic heterocycles. The number of rotatable bonds is 3. The van der Waals surface area contributed by atoms with Crippen LogP contribution in [0.25, 0.3) is 0 Å². The number of ether oxygens (including phenoxy) is 1. The minimum absolute atomic E-state index is 0.0484. The minimum Gasteiger partial charge on any atom is -0.374 e. The highest BCUT2D eigenvalue weighted by atomic mass is 32.1. The van der Waals surface area contributed by atoms with Gasteiger partial charge in [0, 0.05) is 6.54 Å². The molecule has 1 aliphatic rings. The van der Waals surface area contributed by atoms with E-state index in [0.29, 0.717) is 25.5 Å². The number of carbonyl (C=O) groups is 1. The van der Waals surface area contributed by atoms with Crippen LogP contribution in [0, 0.1) is 0 Å². The van der Waals surface area contributed by atoms with Gasteiger partial charge in [-0.3, -0.25) is 4.79 Å². The van der Waals surface area contributed by atoms with Crippen LogP contribution >= 0.6 is 11.5 Å². The van der Waals surface area contributed by atoms with Crippen LogP contribution in [0.15, 0.2) is 5.51 Å². The molecule has 0 aromatic carbocycles. The van der Waals surface area contributed by atoms with Gasteiger partial charge in [0.1, 0.15) is 11.6 Å². The fourth-order valence-electron chi connectivity index (χ4n) is 1.90. The number of amides is 1. The Hall–Kier alpha value is -1.05. The van der Waals surface area contributed by atoms with Crippen molar-refractivity contribution < 1.29 is 9.53 Å². The molecule has 7 heteroatoms. The van der Waals surface area contributed by atoms with Crippen LogP contribution in [0.4, 0.5) is 0 Å². The van der Waals surface area contributed by atoms with E-state index in [1.807, 2.05) is 6.92 Å². The molecule has 0 bridgehead atoms. The summed E-state index contributed by atoms with van der Waals surface area (Å²) < 4.78 is 9.68. The lowest BCUT2D eigenvalue weighted by atomic mass is 10.1. The third kappa shape index (κ3) is 2.80. The smallest absolute Gasteiger partial charge is 0.242 e. The first-order chi connectivity index (χ1) is 8.22.